The molecular formula is C18H31N5O2. The zero-order valence-corrected chi connectivity index (χ0v) is 15.8. The van der Waals surface area contributed by atoms with Crippen molar-refractivity contribution in [2.24, 2.45) is 12.5 Å². The third kappa shape index (κ3) is 4.40. The maximum absolute atomic E-state index is 12.9. The first-order valence-corrected chi connectivity index (χ1v) is 9.21. The first-order chi connectivity index (χ1) is 12.0. The van der Waals surface area contributed by atoms with Gasteiger partial charge in [0.25, 0.3) is 5.91 Å². The van der Waals surface area contributed by atoms with E-state index in [0.717, 1.165) is 65.3 Å². The lowest BCUT2D eigenvalue weighted by Gasteiger charge is -2.43. The first-order valence-electron chi connectivity index (χ1n) is 9.21. The minimum atomic E-state index is 0.0377. The van der Waals surface area contributed by atoms with Crippen molar-refractivity contribution in [3.8, 4) is 0 Å². The van der Waals surface area contributed by atoms with Gasteiger partial charge in [-0.15, -0.1) is 0 Å². The summed E-state index contributed by atoms with van der Waals surface area (Å²) in [5, 5.41) is 0. The van der Waals surface area contributed by atoms with Crippen LogP contribution in [0.25, 0.3) is 0 Å². The number of hydrogen-bond donors (Lipinski definition) is 0. The largest absolute Gasteiger partial charge is 0.379 e. The molecule has 140 valence electrons. The van der Waals surface area contributed by atoms with E-state index < -0.39 is 0 Å². The van der Waals surface area contributed by atoms with Crippen molar-refractivity contribution in [2.45, 2.75) is 12.8 Å². The maximum Gasteiger partial charge on any atom is 0.289 e. The number of carbonyl (C=O) groups is 1. The van der Waals surface area contributed by atoms with Crippen LogP contribution in [0.2, 0.25) is 0 Å². The lowest BCUT2D eigenvalue weighted by Crippen LogP contribution is -2.53. The Hall–Kier alpha value is -1.44. The number of amides is 1. The van der Waals surface area contributed by atoms with Crippen LogP contribution in [0.1, 0.15) is 23.5 Å². The second-order valence-electron chi connectivity index (χ2n) is 7.82. The van der Waals surface area contributed by atoms with Crippen LogP contribution in [-0.2, 0) is 11.8 Å². The van der Waals surface area contributed by atoms with Crippen LogP contribution in [0.15, 0.2) is 12.4 Å². The van der Waals surface area contributed by atoms with Crippen molar-refractivity contribution in [2.75, 3.05) is 66.6 Å². The van der Waals surface area contributed by atoms with E-state index >= 15 is 0 Å². The average Bonchev–Trinajstić information content (AvgIpc) is 2.92. The second kappa shape index (κ2) is 7.85. The van der Waals surface area contributed by atoms with Crippen molar-refractivity contribution >= 4 is 5.91 Å². The molecule has 0 bridgehead atoms. The number of aryl methyl sites for hydroxylation is 1. The fourth-order valence-corrected chi connectivity index (χ4v) is 3.95. The number of rotatable bonds is 4. The molecule has 2 aliphatic rings. The van der Waals surface area contributed by atoms with Gasteiger partial charge in [-0.3, -0.25) is 9.69 Å². The number of aromatic nitrogens is 2. The molecule has 2 saturated heterocycles. The molecule has 1 aromatic heterocycles. The lowest BCUT2D eigenvalue weighted by atomic mass is 9.80. The smallest absolute Gasteiger partial charge is 0.289 e. The predicted octanol–water partition coefficient (Wildman–Crippen LogP) is 0.536. The molecule has 2 aliphatic heterocycles. The number of carbonyl (C=O) groups excluding carboxylic acids is 1. The average molecular weight is 349 g/mol. The molecule has 0 radical (unpaired) electrons. The Balaban J connectivity index is 1.69. The van der Waals surface area contributed by atoms with Crippen molar-refractivity contribution in [1.29, 1.82) is 0 Å². The van der Waals surface area contributed by atoms with Crippen molar-refractivity contribution in [1.82, 2.24) is 24.3 Å². The molecule has 7 heteroatoms. The van der Waals surface area contributed by atoms with Crippen molar-refractivity contribution in [3.63, 3.8) is 0 Å². The molecule has 1 spiro atoms. The van der Waals surface area contributed by atoms with Crippen LogP contribution >= 0.6 is 0 Å². The fourth-order valence-electron chi connectivity index (χ4n) is 3.95. The van der Waals surface area contributed by atoms with Gasteiger partial charge in [0.1, 0.15) is 0 Å². The van der Waals surface area contributed by atoms with Crippen LogP contribution in [0.3, 0.4) is 0 Å². The highest BCUT2D eigenvalue weighted by Crippen LogP contribution is 2.33. The molecule has 0 aliphatic carbocycles. The number of ether oxygens (including phenoxy) is 1. The third-order valence-corrected chi connectivity index (χ3v) is 5.34. The predicted molar refractivity (Wildman–Crippen MR) is 96.6 cm³/mol. The molecule has 0 N–H and O–H groups in total. The van der Waals surface area contributed by atoms with E-state index in [4.69, 9.17) is 4.74 Å². The van der Waals surface area contributed by atoms with E-state index in [2.05, 4.69) is 28.9 Å². The quantitative estimate of drug-likeness (QED) is 0.794. The second-order valence-corrected chi connectivity index (χ2v) is 7.82. The molecule has 1 aromatic rings. The number of imidazole rings is 1. The number of likely N-dealkylation sites (N-methyl/N-ethyl adjacent to an activating group) is 1. The highest BCUT2D eigenvalue weighted by atomic mass is 16.5. The molecule has 1 unspecified atom stereocenters. The Morgan fingerprint density at radius 3 is 2.92 bits per heavy atom. The summed E-state index contributed by atoms with van der Waals surface area (Å²) >= 11 is 0. The summed E-state index contributed by atoms with van der Waals surface area (Å²) in [6, 6.07) is 0. The summed E-state index contributed by atoms with van der Waals surface area (Å²) in [6.07, 6.45) is 5.66. The molecule has 0 saturated carbocycles. The van der Waals surface area contributed by atoms with Gasteiger partial charge in [-0.2, -0.15) is 0 Å². The standard InChI is InChI=1S/C18H31N5O2/c1-20(2)9-10-22-11-12-25-15-18(13-22)5-4-7-23(14-18)17(24)16-19-6-8-21(16)3/h6,8H,4-5,7,9-15H2,1-3H3. The Kier molecular flexibility index (Phi) is 5.76. The molecule has 0 aromatic carbocycles. The van der Waals surface area contributed by atoms with Crippen LogP contribution < -0.4 is 0 Å². The van der Waals surface area contributed by atoms with Gasteiger partial charge >= 0.3 is 0 Å². The molecule has 7 nitrogen and oxygen atoms in total. The molecule has 3 heterocycles. The van der Waals surface area contributed by atoms with Crippen molar-refractivity contribution < 1.29 is 9.53 Å². The first kappa shape index (κ1) is 18.4. The summed E-state index contributed by atoms with van der Waals surface area (Å²) in [6.45, 7) is 7.17. The summed E-state index contributed by atoms with van der Waals surface area (Å²) in [4.78, 5) is 23.8. The van der Waals surface area contributed by atoms with Crippen LogP contribution in [0, 0.1) is 5.41 Å². The molecule has 25 heavy (non-hydrogen) atoms. The highest BCUT2D eigenvalue weighted by molar-refractivity contribution is 5.90. The third-order valence-electron chi connectivity index (χ3n) is 5.34. The zero-order valence-electron chi connectivity index (χ0n) is 15.8. The van der Waals surface area contributed by atoms with E-state index in [9.17, 15) is 4.79 Å². The lowest BCUT2D eigenvalue weighted by molar-refractivity contribution is 0.00655. The highest BCUT2D eigenvalue weighted by Gasteiger charge is 2.40. The minimum absolute atomic E-state index is 0.0377. The summed E-state index contributed by atoms with van der Waals surface area (Å²) in [5.41, 5.74) is 0.0435. The number of piperidine rings is 1. The molecule has 1 atom stereocenters. The van der Waals surface area contributed by atoms with Crippen LogP contribution in [-0.4, -0.2) is 96.7 Å². The Labute approximate surface area is 150 Å². The summed E-state index contributed by atoms with van der Waals surface area (Å²) < 4.78 is 7.76. The number of likely N-dealkylation sites (tertiary alicyclic amines) is 1. The topological polar surface area (TPSA) is 53.8 Å². The monoisotopic (exact) mass is 349 g/mol. The maximum atomic E-state index is 12.9. The zero-order chi connectivity index (χ0) is 17.9. The Morgan fingerprint density at radius 2 is 2.20 bits per heavy atom. The van der Waals surface area contributed by atoms with Gasteiger partial charge in [0.2, 0.25) is 0 Å². The van der Waals surface area contributed by atoms with E-state index in [0.29, 0.717) is 5.82 Å². The summed E-state index contributed by atoms with van der Waals surface area (Å²) in [5.74, 6) is 0.562. The van der Waals surface area contributed by atoms with Gasteiger partial charge in [-0.05, 0) is 26.9 Å². The summed E-state index contributed by atoms with van der Waals surface area (Å²) in [7, 11) is 6.09. The van der Waals surface area contributed by atoms with E-state index in [1.165, 1.54) is 0 Å². The van der Waals surface area contributed by atoms with Gasteiger partial charge in [0, 0.05) is 64.1 Å². The normalized spacial score (nSPS) is 25.5. The van der Waals surface area contributed by atoms with Crippen LogP contribution in [0.5, 0.6) is 0 Å². The van der Waals surface area contributed by atoms with Gasteiger partial charge < -0.3 is 19.1 Å². The SMILES string of the molecule is CN(C)CCN1CCOCC2(CCCN(C(=O)c3nccn3C)C2)C1. The Bertz CT molecular complexity index is 588. The van der Waals surface area contributed by atoms with Gasteiger partial charge in [0.05, 0.1) is 13.2 Å². The van der Waals surface area contributed by atoms with E-state index in [-0.39, 0.29) is 11.3 Å². The minimum Gasteiger partial charge on any atom is -0.379 e. The molecule has 2 fully saturated rings. The van der Waals surface area contributed by atoms with Gasteiger partial charge in [0.15, 0.2) is 5.82 Å². The molecule has 3 rings (SSSR count). The van der Waals surface area contributed by atoms with Crippen molar-refractivity contribution in [3.05, 3.63) is 18.2 Å². The molecule has 1 amide bonds. The van der Waals surface area contributed by atoms with E-state index in [1.54, 1.807) is 10.8 Å². The van der Waals surface area contributed by atoms with E-state index in [1.807, 2.05) is 18.1 Å². The van der Waals surface area contributed by atoms with Gasteiger partial charge in [-0.25, -0.2) is 4.98 Å². The number of nitrogens with zero attached hydrogens (tertiary/aromatic N) is 5. The fraction of sp³-hybridized carbons (Fsp3) is 0.778. The Morgan fingerprint density at radius 1 is 1.36 bits per heavy atom. The molecular weight excluding hydrogens is 318 g/mol. The number of hydrogen-bond acceptors (Lipinski definition) is 5. The van der Waals surface area contributed by atoms with Crippen LogP contribution in [0.4, 0.5) is 0 Å². The van der Waals surface area contributed by atoms with Gasteiger partial charge in [-0.1, -0.05) is 0 Å².